The average Bonchev–Trinajstić information content (AvgIpc) is 3.10. The molecule has 1 aliphatic carbocycles. The van der Waals surface area contributed by atoms with Gasteiger partial charge in [0.2, 0.25) is 0 Å². The molecule has 2 aliphatic rings. The Bertz CT molecular complexity index is 1110. The normalized spacial score (nSPS) is 19.8. The van der Waals surface area contributed by atoms with Gasteiger partial charge in [-0.1, -0.05) is 50.5 Å². The number of benzene rings is 2. The molecule has 0 unspecified atom stereocenters. The van der Waals surface area contributed by atoms with Crippen LogP contribution in [0.15, 0.2) is 56.8 Å². The van der Waals surface area contributed by atoms with E-state index in [9.17, 15) is 14.9 Å². The Morgan fingerprint density at radius 3 is 2.69 bits per heavy atom. The zero-order chi connectivity index (χ0) is 22.7. The molecule has 0 aromatic heterocycles. The summed E-state index contributed by atoms with van der Waals surface area (Å²) >= 11 is 4.57. The van der Waals surface area contributed by atoms with Crippen molar-refractivity contribution in [3.8, 4) is 0 Å². The molecule has 2 aromatic carbocycles. The van der Waals surface area contributed by atoms with E-state index in [4.69, 9.17) is 4.99 Å². The molecular weight excluding hydrogens is 490 g/mol. The van der Waals surface area contributed by atoms with E-state index in [1.165, 1.54) is 24.2 Å². The van der Waals surface area contributed by atoms with Crippen molar-refractivity contribution in [1.82, 2.24) is 4.90 Å². The summed E-state index contributed by atoms with van der Waals surface area (Å²) in [7, 11) is 0. The third-order valence-electron chi connectivity index (χ3n) is 5.83. The van der Waals surface area contributed by atoms with Gasteiger partial charge in [-0.3, -0.25) is 19.8 Å². The highest BCUT2D eigenvalue weighted by Gasteiger charge is 2.38. The van der Waals surface area contributed by atoms with E-state index < -0.39 is 4.92 Å². The summed E-state index contributed by atoms with van der Waals surface area (Å²) in [6.45, 7) is 2.09. The van der Waals surface area contributed by atoms with Crippen molar-refractivity contribution in [3.63, 3.8) is 0 Å². The molecule has 2 aromatic rings. The standard InChI is InChI=1S/C24H24BrN3O3S/c1-2-17-8-6-7-11-20(17)26-24-27(18-9-4-3-5-10-18)23(29)22(32-24)15-16-12-13-19(25)21(14-16)28(30)31/h6-8,11-15,18H,2-5,9-10H2,1H3/b22-15+,26-24?. The second kappa shape index (κ2) is 10.0. The van der Waals surface area contributed by atoms with Gasteiger partial charge in [0.25, 0.3) is 11.6 Å². The lowest BCUT2D eigenvalue weighted by atomic mass is 9.94. The molecule has 2 fully saturated rings. The van der Waals surface area contributed by atoms with Gasteiger partial charge in [0.1, 0.15) is 0 Å². The lowest BCUT2D eigenvalue weighted by Gasteiger charge is -2.30. The largest absolute Gasteiger partial charge is 0.284 e. The van der Waals surface area contributed by atoms with E-state index in [1.54, 1.807) is 18.2 Å². The van der Waals surface area contributed by atoms with E-state index in [1.807, 2.05) is 23.1 Å². The van der Waals surface area contributed by atoms with Crippen molar-refractivity contribution >= 4 is 56.2 Å². The maximum absolute atomic E-state index is 13.5. The zero-order valence-corrected chi connectivity index (χ0v) is 20.2. The summed E-state index contributed by atoms with van der Waals surface area (Å²) in [5, 5.41) is 12.0. The van der Waals surface area contributed by atoms with Gasteiger partial charge in [0, 0.05) is 12.1 Å². The molecule has 0 radical (unpaired) electrons. The SMILES string of the molecule is CCc1ccccc1N=C1S/C(=C/c2ccc(Br)c([N+](=O)[O-])c2)C(=O)N1C1CCCCC1. The Balaban J connectivity index is 1.74. The number of aliphatic imine (C=N–C) groups is 1. The number of nitrogens with zero attached hydrogens (tertiary/aromatic N) is 3. The fourth-order valence-electron chi connectivity index (χ4n) is 4.16. The molecule has 0 N–H and O–H groups in total. The van der Waals surface area contributed by atoms with Crippen LogP contribution in [0.4, 0.5) is 11.4 Å². The van der Waals surface area contributed by atoms with Crippen LogP contribution in [0.2, 0.25) is 0 Å². The first-order valence-electron chi connectivity index (χ1n) is 10.8. The number of hydrogen-bond donors (Lipinski definition) is 0. The average molecular weight is 514 g/mol. The number of nitro benzene ring substituents is 1. The number of hydrogen-bond acceptors (Lipinski definition) is 5. The minimum Gasteiger partial charge on any atom is -0.283 e. The highest BCUT2D eigenvalue weighted by molar-refractivity contribution is 9.10. The first-order chi connectivity index (χ1) is 15.5. The Morgan fingerprint density at radius 2 is 1.97 bits per heavy atom. The van der Waals surface area contributed by atoms with Gasteiger partial charge in [-0.2, -0.15) is 0 Å². The number of aryl methyl sites for hydroxylation is 1. The van der Waals surface area contributed by atoms with Crippen LogP contribution in [-0.2, 0) is 11.2 Å². The molecule has 1 saturated carbocycles. The minimum absolute atomic E-state index is 0.0234. The van der Waals surface area contributed by atoms with Crippen molar-refractivity contribution in [2.24, 2.45) is 4.99 Å². The molecule has 1 saturated heterocycles. The van der Waals surface area contributed by atoms with Crippen molar-refractivity contribution in [2.45, 2.75) is 51.5 Å². The number of amidine groups is 1. The number of amides is 1. The van der Waals surface area contributed by atoms with E-state index in [-0.39, 0.29) is 17.6 Å². The van der Waals surface area contributed by atoms with Crippen LogP contribution in [0.5, 0.6) is 0 Å². The van der Waals surface area contributed by atoms with Crippen LogP contribution in [0.1, 0.15) is 50.2 Å². The Kier molecular flexibility index (Phi) is 7.10. The number of nitro groups is 1. The second-order valence-electron chi connectivity index (χ2n) is 7.92. The quantitative estimate of drug-likeness (QED) is 0.248. The van der Waals surface area contributed by atoms with E-state index in [2.05, 4.69) is 28.9 Å². The molecule has 32 heavy (non-hydrogen) atoms. The van der Waals surface area contributed by atoms with Crippen LogP contribution in [0.25, 0.3) is 6.08 Å². The second-order valence-corrected chi connectivity index (χ2v) is 9.79. The smallest absolute Gasteiger partial charge is 0.283 e. The van der Waals surface area contributed by atoms with Crippen LogP contribution in [-0.4, -0.2) is 26.9 Å². The minimum atomic E-state index is -0.432. The fourth-order valence-corrected chi connectivity index (χ4v) is 5.60. The molecule has 4 rings (SSSR count). The maximum atomic E-state index is 13.5. The molecule has 0 spiro atoms. The van der Waals surface area contributed by atoms with Crippen LogP contribution in [0.3, 0.4) is 0 Å². The van der Waals surface area contributed by atoms with Gasteiger partial charge in [0.15, 0.2) is 5.17 Å². The zero-order valence-electron chi connectivity index (χ0n) is 17.8. The fraction of sp³-hybridized carbons (Fsp3) is 0.333. The van der Waals surface area contributed by atoms with Crippen molar-refractivity contribution in [3.05, 3.63) is 73.1 Å². The van der Waals surface area contributed by atoms with Gasteiger partial charge in [-0.05, 0) is 76.3 Å². The summed E-state index contributed by atoms with van der Waals surface area (Å²) in [5.74, 6) is -0.0693. The van der Waals surface area contributed by atoms with E-state index in [0.29, 0.717) is 20.1 Å². The summed E-state index contributed by atoms with van der Waals surface area (Å²) in [4.78, 5) is 31.6. The highest BCUT2D eigenvalue weighted by Crippen LogP contribution is 2.39. The number of rotatable bonds is 5. The lowest BCUT2D eigenvalue weighted by Crippen LogP contribution is -2.40. The van der Waals surface area contributed by atoms with Crippen LogP contribution >= 0.6 is 27.7 Å². The van der Waals surface area contributed by atoms with Crippen LogP contribution in [0, 0.1) is 10.1 Å². The summed E-state index contributed by atoms with van der Waals surface area (Å²) in [5.41, 5.74) is 2.61. The highest BCUT2D eigenvalue weighted by atomic mass is 79.9. The Labute approximate surface area is 200 Å². The summed E-state index contributed by atoms with van der Waals surface area (Å²) in [6, 6.07) is 13.0. The van der Waals surface area contributed by atoms with Gasteiger partial charge in [-0.25, -0.2) is 4.99 Å². The van der Waals surface area contributed by atoms with Gasteiger partial charge in [0.05, 0.1) is 20.0 Å². The van der Waals surface area contributed by atoms with Crippen molar-refractivity contribution in [1.29, 1.82) is 0 Å². The third kappa shape index (κ3) is 4.81. The molecule has 166 valence electrons. The monoisotopic (exact) mass is 513 g/mol. The van der Waals surface area contributed by atoms with E-state index >= 15 is 0 Å². The van der Waals surface area contributed by atoms with Gasteiger partial charge < -0.3 is 0 Å². The number of carbonyl (C=O) groups is 1. The number of para-hydroxylation sites is 1. The van der Waals surface area contributed by atoms with Crippen molar-refractivity contribution < 1.29 is 9.72 Å². The molecule has 0 bridgehead atoms. The summed E-state index contributed by atoms with van der Waals surface area (Å²) in [6.07, 6.45) is 7.94. The van der Waals surface area contributed by atoms with Crippen molar-refractivity contribution in [2.75, 3.05) is 0 Å². The number of carbonyl (C=O) groups excluding carboxylic acids is 1. The Morgan fingerprint density at radius 1 is 1.22 bits per heavy atom. The molecular formula is C24H24BrN3O3S. The van der Waals surface area contributed by atoms with Gasteiger partial charge in [-0.15, -0.1) is 0 Å². The number of halogens is 1. The Hall–Kier alpha value is -2.45. The molecule has 0 atom stereocenters. The maximum Gasteiger partial charge on any atom is 0.284 e. The lowest BCUT2D eigenvalue weighted by molar-refractivity contribution is -0.385. The first-order valence-corrected chi connectivity index (χ1v) is 12.4. The summed E-state index contributed by atoms with van der Waals surface area (Å²) < 4.78 is 0.414. The molecule has 6 nitrogen and oxygen atoms in total. The molecule has 1 aliphatic heterocycles. The topological polar surface area (TPSA) is 75.8 Å². The van der Waals surface area contributed by atoms with E-state index in [0.717, 1.165) is 43.4 Å². The van der Waals surface area contributed by atoms with Crippen LogP contribution < -0.4 is 0 Å². The van der Waals surface area contributed by atoms with Gasteiger partial charge >= 0.3 is 0 Å². The third-order valence-corrected chi connectivity index (χ3v) is 7.48. The predicted octanol–water partition coefficient (Wildman–Crippen LogP) is 6.86. The molecule has 1 amide bonds. The first kappa shape index (κ1) is 22.7. The molecule has 1 heterocycles. The number of thioether (sulfide) groups is 1. The molecule has 8 heteroatoms. The predicted molar refractivity (Wildman–Crippen MR) is 133 cm³/mol.